The first-order valence-electron chi connectivity index (χ1n) is 7.28. The van der Waals surface area contributed by atoms with Crippen molar-refractivity contribution in [2.24, 2.45) is 0 Å². The summed E-state index contributed by atoms with van der Waals surface area (Å²) in [5.74, 6) is -0.148. The van der Waals surface area contributed by atoms with Crippen LogP contribution < -0.4 is 10.2 Å². The zero-order valence-corrected chi connectivity index (χ0v) is 13.2. The fourth-order valence-corrected chi connectivity index (χ4v) is 2.33. The Balaban J connectivity index is 2.20. The molecule has 1 aromatic carbocycles. The maximum absolute atomic E-state index is 13.6. The fourth-order valence-electron chi connectivity index (χ4n) is 2.33. The number of hydrogen-bond donors (Lipinski definition) is 1. The Bertz CT molecular complexity index is 525. The van der Waals surface area contributed by atoms with E-state index >= 15 is 0 Å². The molecule has 1 aliphatic heterocycles. The lowest BCUT2D eigenvalue weighted by atomic mass is 10.1. The Hall–Kier alpha value is -1.62. The van der Waals surface area contributed by atoms with Crippen LogP contribution in [0.2, 0.25) is 0 Å². The highest BCUT2D eigenvalue weighted by Crippen LogP contribution is 2.24. The molecule has 0 aromatic heterocycles. The molecule has 5 heteroatoms. The third-order valence-corrected chi connectivity index (χ3v) is 3.65. The van der Waals surface area contributed by atoms with Crippen LogP contribution in [0.25, 0.3) is 0 Å². The Kier molecular flexibility index (Phi) is 4.52. The largest absolute Gasteiger partial charge is 0.360 e. The number of hydrogen-bond acceptors (Lipinski definition) is 3. The van der Waals surface area contributed by atoms with E-state index < -0.39 is 0 Å². The van der Waals surface area contributed by atoms with Crippen molar-refractivity contribution in [3.8, 4) is 0 Å². The van der Waals surface area contributed by atoms with E-state index in [0.717, 1.165) is 17.8 Å². The number of amides is 1. The minimum Gasteiger partial charge on any atom is -0.360 e. The lowest BCUT2D eigenvalue weighted by molar-refractivity contribution is -0.129. The molecule has 0 aliphatic carbocycles. The third-order valence-electron chi connectivity index (χ3n) is 3.65. The average Bonchev–Trinajstić information content (AvgIpc) is 2.39. The number of carbonyl (C=O) groups excluding carboxylic acids is 1. The summed E-state index contributed by atoms with van der Waals surface area (Å²) in [4.78, 5) is 15.6. The van der Waals surface area contributed by atoms with Crippen molar-refractivity contribution in [1.82, 2.24) is 10.2 Å². The summed E-state index contributed by atoms with van der Waals surface area (Å²) < 4.78 is 13.6. The zero-order valence-electron chi connectivity index (χ0n) is 13.2. The van der Waals surface area contributed by atoms with Crippen LogP contribution in [0, 0.1) is 5.82 Å². The van der Waals surface area contributed by atoms with E-state index in [0.29, 0.717) is 19.6 Å². The molecule has 0 bridgehead atoms. The Morgan fingerprint density at radius 2 is 2.00 bits per heavy atom. The first kappa shape index (κ1) is 15.8. The summed E-state index contributed by atoms with van der Waals surface area (Å²) in [6.45, 7) is 8.63. The van der Waals surface area contributed by atoms with Crippen LogP contribution in [0.15, 0.2) is 18.2 Å². The predicted octanol–water partition coefficient (Wildman–Crippen LogP) is 1.99. The van der Waals surface area contributed by atoms with E-state index in [1.165, 1.54) is 6.07 Å². The smallest absolute Gasteiger partial charge is 0.241 e. The number of likely N-dealkylation sites (N-methyl/N-ethyl adjacent to an activating group) is 1. The van der Waals surface area contributed by atoms with Gasteiger partial charge in [0.05, 0.1) is 6.54 Å². The van der Waals surface area contributed by atoms with Crippen LogP contribution in [-0.2, 0) is 11.3 Å². The molecule has 1 aromatic rings. The normalized spacial score (nSPS) is 16.5. The minimum atomic E-state index is -0.245. The van der Waals surface area contributed by atoms with Crippen molar-refractivity contribution in [2.45, 2.75) is 32.9 Å². The molecule has 0 radical (unpaired) electrons. The molecule has 1 saturated heterocycles. The van der Waals surface area contributed by atoms with Gasteiger partial charge in [-0.25, -0.2) is 4.39 Å². The summed E-state index contributed by atoms with van der Waals surface area (Å²) in [5.41, 5.74) is 1.79. The predicted molar refractivity (Wildman–Crippen MR) is 82.8 cm³/mol. The number of piperazine rings is 1. The van der Waals surface area contributed by atoms with E-state index in [4.69, 9.17) is 0 Å². The van der Waals surface area contributed by atoms with E-state index in [1.807, 2.05) is 11.9 Å². The maximum Gasteiger partial charge on any atom is 0.241 e. The maximum atomic E-state index is 13.6. The Morgan fingerprint density at radius 1 is 1.29 bits per heavy atom. The summed E-state index contributed by atoms with van der Waals surface area (Å²) in [7, 11) is 1.81. The van der Waals surface area contributed by atoms with Crippen LogP contribution in [0.3, 0.4) is 0 Å². The highest BCUT2D eigenvalue weighted by molar-refractivity contribution is 5.83. The standard InChI is InChI=1S/C16H24FN3O/c1-16(2,3)18-10-12-9-13(17)5-6-14(12)20-8-7-19(4)15(21)11-20/h5-6,9,18H,7-8,10-11H2,1-4H3. The monoisotopic (exact) mass is 293 g/mol. The Labute approximate surface area is 125 Å². The third kappa shape index (κ3) is 4.17. The number of nitrogens with one attached hydrogen (secondary N) is 1. The van der Waals surface area contributed by atoms with Crippen LogP contribution in [0.5, 0.6) is 0 Å². The van der Waals surface area contributed by atoms with Crippen LogP contribution in [0.4, 0.5) is 10.1 Å². The van der Waals surface area contributed by atoms with Crippen molar-refractivity contribution in [2.75, 3.05) is 31.6 Å². The van der Waals surface area contributed by atoms with Gasteiger partial charge >= 0.3 is 0 Å². The van der Waals surface area contributed by atoms with E-state index in [1.54, 1.807) is 17.0 Å². The summed E-state index contributed by atoms with van der Waals surface area (Å²) in [6.07, 6.45) is 0. The molecule has 1 aliphatic rings. The van der Waals surface area contributed by atoms with Crippen molar-refractivity contribution in [3.05, 3.63) is 29.6 Å². The number of anilines is 1. The highest BCUT2D eigenvalue weighted by atomic mass is 19.1. The minimum absolute atomic E-state index is 0.0402. The first-order valence-corrected chi connectivity index (χ1v) is 7.28. The molecule has 1 fully saturated rings. The molecule has 21 heavy (non-hydrogen) atoms. The van der Waals surface area contributed by atoms with Crippen LogP contribution >= 0.6 is 0 Å². The van der Waals surface area contributed by atoms with Gasteiger partial charge in [0.1, 0.15) is 5.82 Å². The van der Waals surface area contributed by atoms with Gasteiger partial charge in [0, 0.05) is 37.9 Å². The molecule has 0 atom stereocenters. The molecule has 4 nitrogen and oxygen atoms in total. The molecule has 2 rings (SSSR count). The molecule has 1 amide bonds. The topological polar surface area (TPSA) is 35.6 Å². The second kappa shape index (κ2) is 6.02. The number of benzene rings is 1. The summed E-state index contributed by atoms with van der Waals surface area (Å²) in [5, 5.41) is 3.38. The van der Waals surface area contributed by atoms with Gasteiger partial charge < -0.3 is 15.1 Å². The zero-order chi connectivity index (χ0) is 15.6. The number of carbonyl (C=O) groups is 1. The van der Waals surface area contributed by atoms with Crippen LogP contribution in [-0.4, -0.2) is 43.0 Å². The van der Waals surface area contributed by atoms with E-state index in [-0.39, 0.29) is 17.3 Å². The quantitative estimate of drug-likeness (QED) is 0.926. The van der Waals surface area contributed by atoms with Gasteiger partial charge in [0.15, 0.2) is 0 Å². The van der Waals surface area contributed by atoms with E-state index in [9.17, 15) is 9.18 Å². The van der Waals surface area contributed by atoms with Gasteiger partial charge in [-0.3, -0.25) is 4.79 Å². The summed E-state index contributed by atoms with van der Waals surface area (Å²) >= 11 is 0. The van der Waals surface area contributed by atoms with Crippen molar-refractivity contribution in [1.29, 1.82) is 0 Å². The number of halogens is 1. The highest BCUT2D eigenvalue weighted by Gasteiger charge is 2.23. The van der Waals surface area contributed by atoms with Gasteiger partial charge in [-0.15, -0.1) is 0 Å². The van der Waals surface area contributed by atoms with Gasteiger partial charge in [-0.1, -0.05) is 0 Å². The number of rotatable bonds is 3. The Morgan fingerprint density at radius 3 is 2.62 bits per heavy atom. The summed E-state index contributed by atoms with van der Waals surface area (Å²) in [6, 6.07) is 4.78. The SMILES string of the molecule is CN1CCN(c2ccc(F)cc2CNC(C)(C)C)CC1=O. The molecular formula is C16H24FN3O. The lowest BCUT2D eigenvalue weighted by Gasteiger charge is -2.35. The van der Waals surface area contributed by atoms with Crippen molar-refractivity contribution in [3.63, 3.8) is 0 Å². The number of nitrogens with zero attached hydrogens (tertiary/aromatic N) is 2. The van der Waals surface area contributed by atoms with Gasteiger partial charge in [0.2, 0.25) is 5.91 Å². The lowest BCUT2D eigenvalue weighted by Crippen LogP contribution is -2.49. The molecule has 1 N–H and O–H groups in total. The molecule has 0 spiro atoms. The average molecular weight is 293 g/mol. The molecular weight excluding hydrogens is 269 g/mol. The van der Waals surface area contributed by atoms with Gasteiger partial charge in [-0.05, 0) is 44.5 Å². The molecule has 116 valence electrons. The second-order valence-corrected chi connectivity index (χ2v) is 6.61. The van der Waals surface area contributed by atoms with Crippen LogP contribution in [0.1, 0.15) is 26.3 Å². The van der Waals surface area contributed by atoms with Crippen molar-refractivity contribution < 1.29 is 9.18 Å². The fraction of sp³-hybridized carbons (Fsp3) is 0.562. The van der Waals surface area contributed by atoms with E-state index in [2.05, 4.69) is 26.1 Å². The molecule has 1 heterocycles. The van der Waals surface area contributed by atoms with Gasteiger partial charge in [-0.2, -0.15) is 0 Å². The molecule has 0 saturated carbocycles. The van der Waals surface area contributed by atoms with Gasteiger partial charge in [0.25, 0.3) is 0 Å². The van der Waals surface area contributed by atoms with Crippen molar-refractivity contribution >= 4 is 11.6 Å². The second-order valence-electron chi connectivity index (χ2n) is 6.61. The molecule has 0 unspecified atom stereocenters. The first-order chi connectivity index (χ1) is 9.76.